The summed E-state index contributed by atoms with van der Waals surface area (Å²) in [5.41, 5.74) is 5.58. The lowest BCUT2D eigenvalue weighted by atomic mass is 9.87. The second-order valence-corrected chi connectivity index (χ2v) is 4.74. The standard InChI is InChI=1S/C11H23N3O2/c1-13-10(6-9(12)11(15)16)8-4-3-5-14(2)7-8/h8-10,13H,3-7,12H2,1-2H3,(H,15,16). The summed E-state index contributed by atoms with van der Waals surface area (Å²) in [6.45, 7) is 2.16. The minimum absolute atomic E-state index is 0.203. The lowest BCUT2D eigenvalue weighted by Crippen LogP contribution is -2.47. The van der Waals surface area contributed by atoms with Gasteiger partial charge in [0.15, 0.2) is 0 Å². The third-order valence-electron chi connectivity index (χ3n) is 3.43. The van der Waals surface area contributed by atoms with E-state index in [0.29, 0.717) is 12.3 Å². The molecule has 1 rings (SSSR count). The molecule has 94 valence electrons. The van der Waals surface area contributed by atoms with E-state index in [-0.39, 0.29) is 6.04 Å². The minimum Gasteiger partial charge on any atom is -0.480 e. The third kappa shape index (κ3) is 3.73. The first-order valence-corrected chi connectivity index (χ1v) is 5.88. The molecule has 0 bridgehead atoms. The molecule has 1 aliphatic heterocycles. The monoisotopic (exact) mass is 229 g/mol. The second kappa shape index (κ2) is 6.18. The van der Waals surface area contributed by atoms with Gasteiger partial charge in [0.2, 0.25) is 0 Å². The Balaban J connectivity index is 2.49. The summed E-state index contributed by atoms with van der Waals surface area (Å²) in [6.07, 6.45) is 2.84. The van der Waals surface area contributed by atoms with E-state index in [4.69, 9.17) is 10.8 Å². The van der Waals surface area contributed by atoms with Crippen LogP contribution in [0.3, 0.4) is 0 Å². The first kappa shape index (κ1) is 13.4. The van der Waals surface area contributed by atoms with Crippen molar-refractivity contribution >= 4 is 5.97 Å². The normalized spacial score (nSPS) is 26.3. The van der Waals surface area contributed by atoms with Crippen LogP contribution in [0.25, 0.3) is 0 Å². The van der Waals surface area contributed by atoms with Gasteiger partial charge in [-0.05, 0) is 45.8 Å². The summed E-state index contributed by atoms with van der Waals surface area (Å²) < 4.78 is 0. The number of carboxylic acid groups (broad SMARTS) is 1. The maximum Gasteiger partial charge on any atom is 0.320 e. The molecule has 0 aromatic heterocycles. The van der Waals surface area contributed by atoms with E-state index in [1.165, 1.54) is 6.42 Å². The number of aliphatic carboxylic acids is 1. The fourth-order valence-electron chi connectivity index (χ4n) is 2.46. The molecule has 5 heteroatoms. The number of hydrogen-bond donors (Lipinski definition) is 3. The van der Waals surface area contributed by atoms with Crippen molar-refractivity contribution in [3.8, 4) is 0 Å². The summed E-state index contributed by atoms with van der Waals surface area (Å²) >= 11 is 0. The van der Waals surface area contributed by atoms with Crippen LogP contribution in [0.4, 0.5) is 0 Å². The minimum atomic E-state index is -0.913. The average molecular weight is 229 g/mol. The molecule has 3 atom stereocenters. The van der Waals surface area contributed by atoms with E-state index in [9.17, 15) is 4.79 Å². The van der Waals surface area contributed by atoms with Gasteiger partial charge in [-0.15, -0.1) is 0 Å². The lowest BCUT2D eigenvalue weighted by molar-refractivity contribution is -0.138. The van der Waals surface area contributed by atoms with Gasteiger partial charge in [0.1, 0.15) is 6.04 Å². The van der Waals surface area contributed by atoms with Gasteiger partial charge in [-0.2, -0.15) is 0 Å². The zero-order chi connectivity index (χ0) is 12.1. The van der Waals surface area contributed by atoms with Crippen LogP contribution in [-0.2, 0) is 4.79 Å². The van der Waals surface area contributed by atoms with Gasteiger partial charge in [0.05, 0.1) is 0 Å². The maximum absolute atomic E-state index is 10.7. The molecule has 1 aliphatic rings. The quantitative estimate of drug-likeness (QED) is 0.604. The highest BCUT2D eigenvalue weighted by atomic mass is 16.4. The lowest BCUT2D eigenvalue weighted by Gasteiger charge is -2.35. The number of rotatable bonds is 5. The van der Waals surface area contributed by atoms with E-state index in [0.717, 1.165) is 19.5 Å². The highest BCUT2D eigenvalue weighted by Gasteiger charge is 2.27. The van der Waals surface area contributed by atoms with Gasteiger partial charge in [-0.25, -0.2) is 0 Å². The maximum atomic E-state index is 10.7. The second-order valence-electron chi connectivity index (χ2n) is 4.74. The van der Waals surface area contributed by atoms with Crippen molar-refractivity contribution in [2.24, 2.45) is 11.7 Å². The van der Waals surface area contributed by atoms with Crippen LogP contribution in [0.1, 0.15) is 19.3 Å². The fraction of sp³-hybridized carbons (Fsp3) is 0.909. The topological polar surface area (TPSA) is 78.6 Å². The van der Waals surface area contributed by atoms with E-state index >= 15 is 0 Å². The van der Waals surface area contributed by atoms with Crippen molar-refractivity contribution in [1.82, 2.24) is 10.2 Å². The largest absolute Gasteiger partial charge is 0.480 e. The highest BCUT2D eigenvalue weighted by Crippen LogP contribution is 2.21. The molecular weight excluding hydrogens is 206 g/mol. The molecule has 1 saturated heterocycles. The molecule has 5 nitrogen and oxygen atoms in total. The molecule has 0 spiro atoms. The zero-order valence-electron chi connectivity index (χ0n) is 10.1. The van der Waals surface area contributed by atoms with Gasteiger partial charge in [0, 0.05) is 12.6 Å². The molecule has 0 aromatic rings. The predicted octanol–water partition coefficient (Wildman–Crippen LogP) is -0.282. The number of nitrogens with zero attached hydrogens (tertiary/aromatic N) is 1. The molecular formula is C11H23N3O2. The molecule has 1 heterocycles. The first-order chi connectivity index (χ1) is 7.54. The number of likely N-dealkylation sites (tertiary alicyclic amines) is 1. The number of nitrogens with two attached hydrogens (primary N) is 1. The Kier molecular flexibility index (Phi) is 5.18. The Hall–Kier alpha value is -0.650. The Morgan fingerprint density at radius 3 is 2.88 bits per heavy atom. The predicted molar refractivity (Wildman–Crippen MR) is 63.3 cm³/mol. The van der Waals surface area contributed by atoms with E-state index in [1.807, 2.05) is 7.05 Å². The van der Waals surface area contributed by atoms with Gasteiger partial charge in [-0.1, -0.05) is 0 Å². The van der Waals surface area contributed by atoms with Crippen LogP contribution in [0, 0.1) is 5.92 Å². The molecule has 4 N–H and O–H groups in total. The van der Waals surface area contributed by atoms with Gasteiger partial charge >= 0.3 is 5.97 Å². The molecule has 0 aliphatic carbocycles. The Morgan fingerprint density at radius 2 is 2.38 bits per heavy atom. The van der Waals surface area contributed by atoms with Crippen molar-refractivity contribution in [2.45, 2.75) is 31.3 Å². The first-order valence-electron chi connectivity index (χ1n) is 5.88. The third-order valence-corrected chi connectivity index (χ3v) is 3.43. The zero-order valence-corrected chi connectivity index (χ0v) is 10.1. The Bertz CT molecular complexity index is 235. The molecule has 0 aromatic carbocycles. The highest BCUT2D eigenvalue weighted by molar-refractivity contribution is 5.73. The van der Waals surface area contributed by atoms with Gasteiger partial charge in [0.25, 0.3) is 0 Å². The van der Waals surface area contributed by atoms with E-state index in [2.05, 4.69) is 17.3 Å². The van der Waals surface area contributed by atoms with Crippen LogP contribution in [0.15, 0.2) is 0 Å². The van der Waals surface area contributed by atoms with Crippen LogP contribution >= 0.6 is 0 Å². The van der Waals surface area contributed by atoms with Gasteiger partial charge in [-0.3, -0.25) is 4.79 Å². The summed E-state index contributed by atoms with van der Waals surface area (Å²) in [5.74, 6) is -0.404. The molecule has 3 unspecified atom stereocenters. The summed E-state index contributed by atoms with van der Waals surface area (Å²) in [6, 6.07) is -0.557. The van der Waals surface area contributed by atoms with Crippen molar-refractivity contribution in [3.63, 3.8) is 0 Å². The van der Waals surface area contributed by atoms with Crippen LogP contribution in [0.5, 0.6) is 0 Å². The van der Waals surface area contributed by atoms with Gasteiger partial charge < -0.3 is 21.1 Å². The van der Waals surface area contributed by atoms with Crippen molar-refractivity contribution in [1.29, 1.82) is 0 Å². The smallest absolute Gasteiger partial charge is 0.320 e. The summed E-state index contributed by atoms with van der Waals surface area (Å²) in [4.78, 5) is 13.0. The molecule has 1 fully saturated rings. The van der Waals surface area contributed by atoms with E-state index in [1.54, 1.807) is 0 Å². The molecule has 0 saturated carbocycles. The fourth-order valence-corrected chi connectivity index (χ4v) is 2.46. The summed E-state index contributed by atoms with van der Waals surface area (Å²) in [5, 5.41) is 12.0. The number of carbonyl (C=O) groups is 1. The summed E-state index contributed by atoms with van der Waals surface area (Å²) in [7, 11) is 3.99. The average Bonchev–Trinajstić information content (AvgIpc) is 2.25. The van der Waals surface area contributed by atoms with Crippen LogP contribution in [0.2, 0.25) is 0 Å². The number of hydrogen-bond acceptors (Lipinski definition) is 4. The molecule has 0 radical (unpaired) electrons. The van der Waals surface area contributed by atoms with Crippen LogP contribution in [-0.4, -0.2) is 55.2 Å². The van der Waals surface area contributed by atoms with Crippen molar-refractivity contribution < 1.29 is 9.90 Å². The van der Waals surface area contributed by atoms with Crippen molar-refractivity contribution in [3.05, 3.63) is 0 Å². The Morgan fingerprint density at radius 1 is 1.69 bits per heavy atom. The van der Waals surface area contributed by atoms with Crippen LogP contribution < -0.4 is 11.1 Å². The molecule has 0 amide bonds. The SMILES string of the molecule is CNC(CC(N)C(=O)O)C1CCCN(C)C1. The van der Waals surface area contributed by atoms with E-state index < -0.39 is 12.0 Å². The number of carboxylic acids is 1. The molecule has 16 heavy (non-hydrogen) atoms. The Labute approximate surface area is 97.0 Å². The number of piperidine rings is 1. The number of nitrogens with one attached hydrogen (secondary N) is 1. The van der Waals surface area contributed by atoms with Crippen molar-refractivity contribution in [2.75, 3.05) is 27.2 Å².